The number of carbonyl (C=O) groups excluding carboxylic acids is 1. The Balaban J connectivity index is 1.57. The summed E-state index contributed by atoms with van der Waals surface area (Å²) in [5.41, 5.74) is 2.50. The molecule has 0 radical (unpaired) electrons. The minimum absolute atomic E-state index is 0.109. The van der Waals surface area contributed by atoms with Crippen LogP contribution in [-0.4, -0.2) is 53.1 Å². The second-order valence-electron chi connectivity index (χ2n) is 9.38. The Hall–Kier alpha value is -3.52. The molecule has 0 aromatic heterocycles. The molecule has 0 saturated carbocycles. The van der Waals surface area contributed by atoms with E-state index < -0.39 is 10.0 Å². The lowest BCUT2D eigenvalue weighted by molar-refractivity contribution is -0.130. The van der Waals surface area contributed by atoms with Crippen molar-refractivity contribution in [1.29, 1.82) is 0 Å². The Morgan fingerprint density at radius 2 is 1.62 bits per heavy atom. The second-order valence-corrected chi connectivity index (χ2v) is 11.2. The van der Waals surface area contributed by atoms with E-state index in [0.29, 0.717) is 30.5 Å². The van der Waals surface area contributed by atoms with Crippen LogP contribution in [-0.2, 0) is 21.2 Å². The van der Waals surface area contributed by atoms with E-state index in [1.807, 2.05) is 25.1 Å². The number of sulfonamides is 1. The Kier molecular flexibility index (Phi) is 8.38. The van der Waals surface area contributed by atoms with Gasteiger partial charge in [-0.1, -0.05) is 48.0 Å². The van der Waals surface area contributed by atoms with Gasteiger partial charge in [-0.2, -0.15) is 0 Å². The predicted molar refractivity (Wildman–Crippen MR) is 145 cm³/mol. The summed E-state index contributed by atoms with van der Waals surface area (Å²) < 4.78 is 39.7. The molecule has 0 N–H and O–H groups in total. The molecule has 1 amide bonds. The molecule has 1 saturated heterocycles. The lowest BCUT2D eigenvalue weighted by Gasteiger charge is -2.34. The average Bonchev–Trinajstić information content (AvgIpc) is 2.92. The number of hydrogen-bond acceptors (Lipinski definition) is 5. The number of hydrogen-bond donors (Lipinski definition) is 0. The van der Waals surface area contributed by atoms with Gasteiger partial charge in [0.2, 0.25) is 5.91 Å². The molecular weight excluding hydrogens is 488 g/mol. The number of nitrogens with zero attached hydrogens (tertiary/aromatic N) is 2. The van der Waals surface area contributed by atoms with Gasteiger partial charge in [0.25, 0.3) is 10.0 Å². The summed E-state index contributed by atoms with van der Waals surface area (Å²) in [6.45, 7) is 2.77. The van der Waals surface area contributed by atoms with Crippen LogP contribution in [0, 0.1) is 12.8 Å². The largest absolute Gasteiger partial charge is 0.497 e. The highest BCUT2D eigenvalue weighted by Gasteiger charge is 2.32. The zero-order valence-electron chi connectivity index (χ0n) is 21.6. The molecule has 0 unspecified atom stereocenters. The zero-order chi connectivity index (χ0) is 26.4. The summed E-state index contributed by atoms with van der Waals surface area (Å²) in [5, 5.41) is 0. The molecule has 0 spiro atoms. The number of ether oxygens (including phenoxy) is 2. The van der Waals surface area contributed by atoms with Gasteiger partial charge in [0, 0.05) is 19.2 Å². The molecule has 37 heavy (non-hydrogen) atoms. The maximum absolute atomic E-state index is 13.8. The van der Waals surface area contributed by atoms with E-state index in [2.05, 4.69) is 12.1 Å². The maximum Gasteiger partial charge on any atom is 0.264 e. The van der Waals surface area contributed by atoms with Crippen molar-refractivity contribution in [3.63, 3.8) is 0 Å². The van der Waals surface area contributed by atoms with E-state index in [9.17, 15) is 13.2 Å². The average molecular weight is 523 g/mol. The summed E-state index contributed by atoms with van der Waals surface area (Å²) in [4.78, 5) is 15.4. The summed E-state index contributed by atoms with van der Waals surface area (Å²) in [6, 6.07) is 21.9. The van der Waals surface area contributed by atoms with E-state index in [1.165, 1.54) is 19.8 Å². The number of likely N-dealkylation sites (tertiary alicyclic amines) is 1. The van der Waals surface area contributed by atoms with Crippen LogP contribution in [0.25, 0.3) is 0 Å². The number of anilines is 1. The molecule has 1 aliphatic rings. The maximum atomic E-state index is 13.8. The standard InChI is InChI=1S/C29H34N2O5S/c1-22-9-12-26(13-10-22)37(33,34)31(27-20-25(35-2)11-14-28(27)36-3)21-29(32)30-17-15-24(16-18-30)19-23-7-5-4-6-8-23/h4-14,20,24H,15-19,21H2,1-3H3. The molecule has 7 nitrogen and oxygen atoms in total. The summed E-state index contributed by atoms with van der Waals surface area (Å²) in [5.74, 6) is 1.07. The van der Waals surface area contributed by atoms with E-state index in [0.717, 1.165) is 29.1 Å². The Morgan fingerprint density at radius 3 is 2.24 bits per heavy atom. The van der Waals surface area contributed by atoms with E-state index >= 15 is 0 Å². The number of benzene rings is 3. The summed E-state index contributed by atoms with van der Waals surface area (Å²) in [7, 11) is -1.08. The van der Waals surface area contributed by atoms with Gasteiger partial charge in [0.15, 0.2) is 0 Å². The molecule has 4 rings (SSSR count). The van der Waals surface area contributed by atoms with Gasteiger partial charge in [-0.05, 0) is 61.9 Å². The monoisotopic (exact) mass is 522 g/mol. The van der Waals surface area contributed by atoms with Crippen LogP contribution in [0.5, 0.6) is 11.5 Å². The first kappa shape index (κ1) is 26.5. The van der Waals surface area contributed by atoms with Crippen molar-refractivity contribution in [3.05, 3.63) is 83.9 Å². The van der Waals surface area contributed by atoms with Crippen LogP contribution in [0.4, 0.5) is 5.69 Å². The first-order valence-electron chi connectivity index (χ1n) is 12.4. The highest BCUT2D eigenvalue weighted by molar-refractivity contribution is 7.92. The molecule has 3 aromatic rings. The zero-order valence-corrected chi connectivity index (χ0v) is 22.4. The topological polar surface area (TPSA) is 76.2 Å². The Morgan fingerprint density at radius 1 is 0.946 bits per heavy atom. The van der Waals surface area contributed by atoms with E-state index in [-0.39, 0.29) is 23.0 Å². The van der Waals surface area contributed by atoms with Gasteiger partial charge >= 0.3 is 0 Å². The third kappa shape index (κ3) is 6.25. The molecule has 3 aromatic carbocycles. The molecule has 196 valence electrons. The molecule has 1 heterocycles. The fourth-order valence-corrected chi connectivity index (χ4v) is 6.10. The Bertz CT molecular complexity index is 1300. The number of amides is 1. The minimum atomic E-state index is -4.06. The third-order valence-corrected chi connectivity index (χ3v) is 8.65. The number of carbonyl (C=O) groups is 1. The molecular formula is C29H34N2O5S. The molecule has 0 bridgehead atoms. The van der Waals surface area contributed by atoms with Crippen LogP contribution < -0.4 is 13.8 Å². The van der Waals surface area contributed by atoms with Crippen molar-refractivity contribution in [2.24, 2.45) is 5.92 Å². The van der Waals surface area contributed by atoms with Crippen molar-refractivity contribution in [2.75, 3.05) is 38.2 Å². The second kappa shape index (κ2) is 11.7. The van der Waals surface area contributed by atoms with Crippen molar-refractivity contribution < 1.29 is 22.7 Å². The highest BCUT2D eigenvalue weighted by Crippen LogP contribution is 2.36. The van der Waals surface area contributed by atoms with Gasteiger partial charge in [-0.25, -0.2) is 8.42 Å². The van der Waals surface area contributed by atoms with Gasteiger partial charge in [-0.3, -0.25) is 9.10 Å². The lowest BCUT2D eigenvalue weighted by Crippen LogP contribution is -2.46. The summed E-state index contributed by atoms with van der Waals surface area (Å²) >= 11 is 0. The molecule has 8 heteroatoms. The fourth-order valence-electron chi connectivity index (χ4n) is 4.69. The van der Waals surface area contributed by atoms with Crippen LogP contribution >= 0.6 is 0 Å². The van der Waals surface area contributed by atoms with Gasteiger partial charge in [0.1, 0.15) is 18.0 Å². The minimum Gasteiger partial charge on any atom is -0.497 e. The van der Waals surface area contributed by atoms with E-state index in [1.54, 1.807) is 47.4 Å². The van der Waals surface area contributed by atoms with Crippen molar-refractivity contribution in [3.8, 4) is 11.5 Å². The number of rotatable bonds is 9. The van der Waals surface area contributed by atoms with Crippen molar-refractivity contribution in [2.45, 2.75) is 31.1 Å². The van der Waals surface area contributed by atoms with E-state index in [4.69, 9.17) is 9.47 Å². The quantitative estimate of drug-likeness (QED) is 0.408. The molecule has 1 fully saturated rings. The fraction of sp³-hybridized carbons (Fsp3) is 0.345. The van der Waals surface area contributed by atoms with Crippen LogP contribution in [0.2, 0.25) is 0 Å². The van der Waals surface area contributed by atoms with Crippen LogP contribution in [0.15, 0.2) is 77.7 Å². The smallest absolute Gasteiger partial charge is 0.264 e. The van der Waals surface area contributed by atoms with Crippen LogP contribution in [0.3, 0.4) is 0 Å². The number of piperidine rings is 1. The van der Waals surface area contributed by atoms with Crippen molar-refractivity contribution in [1.82, 2.24) is 4.90 Å². The highest BCUT2D eigenvalue weighted by atomic mass is 32.2. The summed E-state index contributed by atoms with van der Waals surface area (Å²) in [6.07, 6.45) is 2.75. The van der Waals surface area contributed by atoms with Gasteiger partial charge in [-0.15, -0.1) is 0 Å². The molecule has 0 aliphatic carbocycles. The first-order valence-corrected chi connectivity index (χ1v) is 13.9. The first-order chi connectivity index (χ1) is 17.8. The van der Waals surface area contributed by atoms with Crippen LogP contribution in [0.1, 0.15) is 24.0 Å². The normalized spacial score (nSPS) is 14.3. The predicted octanol–water partition coefficient (Wildman–Crippen LogP) is 4.69. The molecule has 0 atom stereocenters. The molecule has 1 aliphatic heterocycles. The Labute approximate surface area is 219 Å². The number of aryl methyl sites for hydroxylation is 1. The van der Waals surface area contributed by atoms with Gasteiger partial charge < -0.3 is 14.4 Å². The van der Waals surface area contributed by atoms with Crippen molar-refractivity contribution >= 4 is 21.6 Å². The SMILES string of the molecule is COc1ccc(OC)c(N(CC(=O)N2CCC(Cc3ccccc3)CC2)S(=O)(=O)c2ccc(C)cc2)c1. The number of methoxy groups -OCH3 is 2. The van der Waals surface area contributed by atoms with Gasteiger partial charge in [0.05, 0.1) is 24.8 Å². The third-order valence-electron chi connectivity index (χ3n) is 6.88. The lowest BCUT2D eigenvalue weighted by atomic mass is 9.90.